The van der Waals surface area contributed by atoms with Crippen molar-refractivity contribution in [1.29, 1.82) is 0 Å². The molecule has 1 rings (SSSR count). The van der Waals surface area contributed by atoms with Gasteiger partial charge in [0.2, 0.25) is 0 Å². The Morgan fingerprint density at radius 1 is 1.38 bits per heavy atom. The summed E-state index contributed by atoms with van der Waals surface area (Å²) in [5, 5.41) is 0. The predicted octanol–water partition coefficient (Wildman–Crippen LogP) is 1.68. The van der Waals surface area contributed by atoms with Crippen LogP contribution in [0.25, 0.3) is 0 Å². The normalized spacial score (nSPS) is 20.2. The quantitative estimate of drug-likeness (QED) is 0.692. The first-order valence-corrected chi connectivity index (χ1v) is 6.79. The van der Waals surface area contributed by atoms with Crippen LogP contribution in [0.5, 0.6) is 0 Å². The summed E-state index contributed by atoms with van der Waals surface area (Å²) in [6, 6.07) is 0. The van der Waals surface area contributed by atoms with E-state index in [1.54, 1.807) is 7.11 Å². The summed E-state index contributed by atoms with van der Waals surface area (Å²) in [6.45, 7) is 8.03. The van der Waals surface area contributed by atoms with Crippen molar-refractivity contribution in [3.8, 4) is 0 Å². The molecule has 16 heavy (non-hydrogen) atoms. The summed E-state index contributed by atoms with van der Waals surface area (Å²) >= 11 is 4.54. The van der Waals surface area contributed by atoms with Crippen LogP contribution in [0.1, 0.15) is 19.8 Å². The minimum absolute atomic E-state index is 0.352. The van der Waals surface area contributed by atoms with E-state index in [0.29, 0.717) is 5.41 Å². The van der Waals surface area contributed by atoms with Crippen LogP contribution in [0.2, 0.25) is 0 Å². The number of methoxy groups -OCH3 is 1. The number of hydrogen-bond acceptors (Lipinski definition) is 4. The SMILES string of the molecule is CCN(CCOC)CC1(CS)CCOCC1. The zero-order valence-corrected chi connectivity index (χ0v) is 11.5. The number of hydrogen-bond donors (Lipinski definition) is 1. The van der Waals surface area contributed by atoms with E-state index >= 15 is 0 Å². The Labute approximate surface area is 105 Å². The van der Waals surface area contributed by atoms with Gasteiger partial charge >= 0.3 is 0 Å². The fraction of sp³-hybridized carbons (Fsp3) is 1.00. The molecule has 1 aliphatic rings. The molecule has 0 N–H and O–H groups in total. The highest BCUT2D eigenvalue weighted by Gasteiger charge is 2.32. The van der Waals surface area contributed by atoms with E-state index in [2.05, 4.69) is 24.5 Å². The summed E-state index contributed by atoms with van der Waals surface area (Å²) in [4.78, 5) is 2.46. The second-order valence-corrected chi connectivity index (χ2v) is 4.95. The Hall–Kier alpha value is 0.230. The highest BCUT2D eigenvalue weighted by Crippen LogP contribution is 2.32. The Balaban J connectivity index is 2.45. The minimum Gasteiger partial charge on any atom is -0.383 e. The third kappa shape index (κ3) is 4.24. The van der Waals surface area contributed by atoms with Gasteiger partial charge in [-0.1, -0.05) is 6.92 Å². The summed E-state index contributed by atoms with van der Waals surface area (Å²) in [7, 11) is 1.76. The van der Waals surface area contributed by atoms with E-state index in [4.69, 9.17) is 9.47 Å². The molecule has 96 valence electrons. The van der Waals surface area contributed by atoms with Gasteiger partial charge in [0.15, 0.2) is 0 Å². The molecule has 0 bridgehead atoms. The van der Waals surface area contributed by atoms with E-state index < -0.39 is 0 Å². The average molecular weight is 247 g/mol. The van der Waals surface area contributed by atoms with Crippen LogP contribution in [0.15, 0.2) is 0 Å². The number of nitrogens with zero attached hydrogens (tertiary/aromatic N) is 1. The standard InChI is InChI=1S/C12H25NO2S/c1-3-13(6-9-14-2)10-12(11-16)4-7-15-8-5-12/h16H,3-11H2,1-2H3. The van der Waals surface area contributed by atoms with Gasteiger partial charge < -0.3 is 14.4 Å². The molecule has 1 aliphatic heterocycles. The van der Waals surface area contributed by atoms with Gasteiger partial charge in [-0.25, -0.2) is 0 Å². The van der Waals surface area contributed by atoms with Crippen LogP contribution in [-0.2, 0) is 9.47 Å². The first kappa shape index (κ1) is 14.3. The summed E-state index contributed by atoms with van der Waals surface area (Å²) in [5.74, 6) is 0.958. The van der Waals surface area contributed by atoms with Crippen molar-refractivity contribution in [1.82, 2.24) is 4.90 Å². The molecular weight excluding hydrogens is 222 g/mol. The Bertz CT molecular complexity index is 184. The molecule has 0 spiro atoms. The highest BCUT2D eigenvalue weighted by molar-refractivity contribution is 7.80. The average Bonchev–Trinajstić information content (AvgIpc) is 2.35. The molecule has 1 fully saturated rings. The topological polar surface area (TPSA) is 21.7 Å². The molecule has 0 radical (unpaired) electrons. The molecule has 0 amide bonds. The van der Waals surface area contributed by atoms with Crippen molar-refractivity contribution in [3.05, 3.63) is 0 Å². The van der Waals surface area contributed by atoms with Gasteiger partial charge in [-0.05, 0) is 30.6 Å². The third-order valence-corrected chi connectivity index (χ3v) is 4.18. The molecule has 0 atom stereocenters. The largest absolute Gasteiger partial charge is 0.383 e. The van der Waals surface area contributed by atoms with Gasteiger partial charge in [0.1, 0.15) is 0 Å². The zero-order valence-electron chi connectivity index (χ0n) is 10.6. The lowest BCUT2D eigenvalue weighted by Crippen LogP contribution is -2.43. The summed E-state index contributed by atoms with van der Waals surface area (Å²) in [5.41, 5.74) is 0.352. The van der Waals surface area contributed by atoms with E-state index in [-0.39, 0.29) is 0 Å². The summed E-state index contributed by atoms with van der Waals surface area (Å²) in [6.07, 6.45) is 2.28. The van der Waals surface area contributed by atoms with Gasteiger partial charge in [0, 0.05) is 33.4 Å². The van der Waals surface area contributed by atoms with Gasteiger partial charge in [0.25, 0.3) is 0 Å². The van der Waals surface area contributed by atoms with Crippen LogP contribution >= 0.6 is 12.6 Å². The molecule has 0 aromatic heterocycles. The van der Waals surface area contributed by atoms with Crippen LogP contribution in [0, 0.1) is 5.41 Å². The lowest BCUT2D eigenvalue weighted by atomic mass is 9.81. The van der Waals surface area contributed by atoms with Gasteiger partial charge in [0.05, 0.1) is 6.61 Å². The Morgan fingerprint density at radius 3 is 2.56 bits per heavy atom. The number of rotatable bonds is 7. The maximum Gasteiger partial charge on any atom is 0.0589 e. The van der Waals surface area contributed by atoms with Gasteiger partial charge in [-0.15, -0.1) is 0 Å². The number of likely N-dealkylation sites (N-methyl/N-ethyl adjacent to an activating group) is 1. The molecule has 1 heterocycles. The Morgan fingerprint density at radius 2 is 2.06 bits per heavy atom. The van der Waals surface area contributed by atoms with Crippen molar-refractivity contribution in [2.45, 2.75) is 19.8 Å². The lowest BCUT2D eigenvalue weighted by molar-refractivity contribution is 0.00510. The van der Waals surface area contributed by atoms with Crippen molar-refractivity contribution >= 4 is 12.6 Å². The highest BCUT2D eigenvalue weighted by atomic mass is 32.1. The molecule has 0 aromatic rings. The molecule has 3 nitrogen and oxygen atoms in total. The summed E-state index contributed by atoms with van der Waals surface area (Å²) < 4.78 is 10.6. The molecule has 0 saturated carbocycles. The Kier molecular flexibility index (Phi) is 6.73. The first-order chi connectivity index (χ1) is 7.76. The molecule has 1 saturated heterocycles. The maximum atomic E-state index is 5.45. The van der Waals surface area contributed by atoms with Crippen LogP contribution in [0.3, 0.4) is 0 Å². The van der Waals surface area contributed by atoms with Crippen LogP contribution in [0.4, 0.5) is 0 Å². The minimum atomic E-state index is 0.352. The molecular formula is C12H25NO2S. The molecule has 0 unspecified atom stereocenters. The number of thiol groups is 1. The fourth-order valence-electron chi connectivity index (χ4n) is 2.21. The van der Waals surface area contributed by atoms with E-state index in [1.165, 1.54) is 0 Å². The molecule has 0 aliphatic carbocycles. The van der Waals surface area contributed by atoms with Gasteiger partial charge in [-0.2, -0.15) is 12.6 Å². The second-order valence-electron chi connectivity index (χ2n) is 4.63. The lowest BCUT2D eigenvalue weighted by Gasteiger charge is -2.39. The van der Waals surface area contributed by atoms with Crippen molar-refractivity contribution in [2.75, 3.05) is 52.3 Å². The van der Waals surface area contributed by atoms with E-state index in [1.807, 2.05) is 0 Å². The number of ether oxygens (including phenoxy) is 2. The van der Waals surface area contributed by atoms with E-state index in [9.17, 15) is 0 Å². The van der Waals surface area contributed by atoms with Crippen molar-refractivity contribution < 1.29 is 9.47 Å². The predicted molar refractivity (Wildman–Crippen MR) is 70.3 cm³/mol. The van der Waals surface area contributed by atoms with E-state index in [0.717, 1.165) is 58.0 Å². The monoisotopic (exact) mass is 247 g/mol. The van der Waals surface area contributed by atoms with Gasteiger partial charge in [-0.3, -0.25) is 0 Å². The maximum absolute atomic E-state index is 5.45. The first-order valence-electron chi connectivity index (χ1n) is 6.16. The van der Waals surface area contributed by atoms with Crippen LogP contribution < -0.4 is 0 Å². The molecule has 0 aromatic carbocycles. The smallest absolute Gasteiger partial charge is 0.0589 e. The zero-order chi connectivity index (χ0) is 11.9. The third-order valence-electron chi connectivity index (χ3n) is 3.51. The fourth-order valence-corrected chi connectivity index (χ4v) is 2.63. The van der Waals surface area contributed by atoms with Crippen molar-refractivity contribution in [3.63, 3.8) is 0 Å². The van der Waals surface area contributed by atoms with Crippen molar-refractivity contribution in [2.24, 2.45) is 5.41 Å². The second kappa shape index (κ2) is 7.54. The van der Waals surface area contributed by atoms with Crippen LogP contribution in [-0.4, -0.2) is 57.2 Å². The molecule has 4 heteroatoms.